The Morgan fingerprint density at radius 3 is 2.79 bits per heavy atom. The van der Waals surface area contributed by atoms with Crippen LogP contribution < -0.4 is 4.90 Å². The molecule has 0 saturated carbocycles. The molecule has 3 fully saturated rings. The van der Waals surface area contributed by atoms with E-state index in [1.54, 1.807) is 0 Å². The summed E-state index contributed by atoms with van der Waals surface area (Å²) in [6, 6.07) is 1.96. The van der Waals surface area contributed by atoms with E-state index in [4.69, 9.17) is 9.72 Å². The summed E-state index contributed by atoms with van der Waals surface area (Å²) < 4.78 is 7.57. The molecule has 8 heteroatoms. The number of amides is 1. The molecule has 8 nitrogen and oxygen atoms in total. The van der Waals surface area contributed by atoms with Crippen LogP contribution >= 0.6 is 0 Å². The van der Waals surface area contributed by atoms with Crippen molar-refractivity contribution in [3.63, 3.8) is 0 Å². The van der Waals surface area contributed by atoms with Gasteiger partial charge in [0.25, 0.3) is 5.91 Å². The average Bonchev–Trinajstić information content (AvgIpc) is 3.55. The topological polar surface area (TPSA) is 76.4 Å². The van der Waals surface area contributed by atoms with Crippen molar-refractivity contribution < 1.29 is 9.53 Å². The first-order chi connectivity index (χ1) is 14.2. The van der Waals surface area contributed by atoms with E-state index >= 15 is 0 Å². The van der Waals surface area contributed by atoms with E-state index < -0.39 is 0 Å². The third-order valence-electron chi connectivity index (χ3n) is 6.35. The van der Waals surface area contributed by atoms with Gasteiger partial charge in [0.15, 0.2) is 0 Å². The third-order valence-corrected chi connectivity index (χ3v) is 6.35. The number of ether oxygens (including phenoxy) is 1. The van der Waals surface area contributed by atoms with Gasteiger partial charge in [-0.2, -0.15) is 5.10 Å². The standard InChI is InChI=1S/C21H28N6O2/c1-25-19(17-6-4-12-27(17)20(28)18-7-5-13-29-18)15(14-23-25)16-8-9-22-21(24-16)26-10-2-3-11-26/h8-9,14,17-18H,2-7,10-13H2,1H3. The van der Waals surface area contributed by atoms with Crippen molar-refractivity contribution in [2.24, 2.45) is 7.05 Å². The lowest BCUT2D eigenvalue weighted by Crippen LogP contribution is -2.39. The van der Waals surface area contributed by atoms with Crippen molar-refractivity contribution in [1.29, 1.82) is 0 Å². The summed E-state index contributed by atoms with van der Waals surface area (Å²) in [6.45, 7) is 3.48. The molecule has 29 heavy (non-hydrogen) atoms. The molecular weight excluding hydrogens is 368 g/mol. The van der Waals surface area contributed by atoms with Crippen molar-refractivity contribution in [1.82, 2.24) is 24.6 Å². The van der Waals surface area contributed by atoms with Crippen LogP contribution in [-0.4, -0.2) is 62.9 Å². The van der Waals surface area contributed by atoms with Crippen molar-refractivity contribution in [3.05, 3.63) is 24.2 Å². The molecule has 2 unspecified atom stereocenters. The Kier molecular flexibility index (Phi) is 4.95. The summed E-state index contributed by atoms with van der Waals surface area (Å²) in [5.74, 6) is 0.908. The Hall–Kier alpha value is -2.48. The van der Waals surface area contributed by atoms with Gasteiger partial charge in [0.2, 0.25) is 5.95 Å². The molecule has 2 aromatic rings. The smallest absolute Gasteiger partial charge is 0.252 e. The van der Waals surface area contributed by atoms with E-state index in [-0.39, 0.29) is 18.1 Å². The molecule has 1 amide bonds. The normalized spacial score (nSPS) is 24.6. The zero-order valence-electron chi connectivity index (χ0n) is 17.0. The largest absolute Gasteiger partial charge is 0.368 e. The molecule has 154 valence electrons. The number of carbonyl (C=O) groups excluding carboxylic acids is 1. The Balaban J connectivity index is 1.47. The second kappa shape index (κ2) is 7.74. The van der Waals surface area contributed by atoms with Crippen molar-refractivity contribution in [3.8, 4) is 11.3 Å². The quantitative estimate of drug-likeness (QED) is 0.789. The number of aryl methyl sites for hydroxylation is 1. The highest BCUT2D eigenvalue weighted by Crippen LogP contribution is 2.38. The minimum Gasteiger partial charge on any atom is -0.368 e. The number of hydrogen-bond donors (Lipinski definition) is 0. The van der Waals surface area contributed by atoms with Crippen molar-refractivity contribution in [2.45, 2.75) is 50.7 Å². The second-order valence-corrected chi connectivity index (χ2v) is 8.19. The maximum atomic E-state index is 13.1. The minimum absolute atomic E-state index is 0.0133. The molecule has 0 aromatic carbocycles. The zero-order valence-corrected chi connectivity index (χ0v) is 17.0. The van der Waals surface area contributed by atoms with Gasteiger partial charge in [-0.15, -0.1) is 0 Å². The molecule has 5 heterocycles. The SMILES string of the molecule is Cn1ncc(-c2ccnc(N3CCCC3)n2)c1C1CCCN1C(=O)C1CCCO1. The van der Waals surface area contributed by atoms with Gasteiger partial charge < -0.3 is 14.5 Å². The first-order valence-corrected chi connectivity index (χ1v) is 10.7. The Labute approximate surface area is 170 Å². The summed E-state index contributed by atoms with van der Waals surface area (Å²) in [4.78, 5) is 26.7. The number of aromatic nitrogens is 4. The molecule has 0 radical (unpaired) electrons. The molecule has 3 aliphatic heterocycles. The van der Waals surface area contributed by atoms with Crippen molar-refractivity contribution >= 4 is 11.9 Å². The summed E-state index contributed by atoms with van der Waals surface area (Å²) in [5, 5.41) is 4.53. The predicted octanol–water partition coefficient (Wildman–Crippen LogP) is 2.32. The van der Waals surface area contributed by atoms with E-state index in [1.807, 2.05) is 35.1 Å². The number of likely N-dealkylation sites (tertiary alicyclic amines) is 1. The highest BCUT2D eigenvalue weighted by atomic mass is 16.5. The lowest BCUT2D eigenvalue weighted by molar-refractivity contribution is -0.142. The lowest BCUT2D eigenvalue weighted by atomic mass is 10.0. The second-order valence-electron chi connectivity index (χ2n) is 8.19. The number of anilines is 1. The molecule has 2 atom stereocenters. The van der Waals surface area contributed by atoms with Gasteiger partial charge in [0.05, 0.1) is 23.6 Å². The molecule has 2 aromatic heterocycles. The third kappa shape index (κ3) is 3.39. The predicted molar refractivity (Wildman–Crippen MR) is 108 cm³/mol. The molecule has 0 spiro atoms. The van der Waals surface area contributed by atoms with Gasteiger partial charge in [-0.1, -0.05) is 0 Å². The van der Waals surface area contributed by atoms with Gasteiger partial charge >= 0.3 is 0 Å². The van der Waals surface area contributed by atoms with Crippen LogP contribution in [0.25, 0.3) is 11.3 Å². The first kappa shape index (κ1) is 18.5. The van der Waals surface area contributed by atoms with Crippen LogP contribution in [0.15, 0.2) is 18.5 Å². The van der Waals surface area contributed by atoms with E-state index in [1.165, 1.54) is 12.8 Å². The van der Waals surface area contributed by atoms with E-state index in [0.717, 1.165) is 68.2 Å². The van der Waals surface area contributed by atoms with E-state index in [9.17, 15) is 4.79 Å². The lowest BCUT2D eigenvalue weighted by Gasteiger charge is -2.28. The average molecular weight is 396 g/mol. The molecule has 0 aliphatic carbocycles. The van der Waals surface area contributed by atoms with Gasteiger partial charge in [-0.05, 0) is 44.6 Å². The van der Waals surface area contributed by atoms with Crippen LogP contribution in [0.5, 0.6) is 0 Å². The number of rotatable bonds is 4. The van der Waals surface area contributed by atoms with Gasteiger partial charge in [-0.3, -0.25) is 9.48 Å². The van der Waals surface area contributed by atoms with Crippen LogP contribution in [0.4, 0.5) is 5.95 Å². The van der Waals surface area contributed by atoms with Crippen LogP contribution in [0.3, 0.4) is 0 Å². The molecule has 0 N–H and O–H groups in total. The summed E-state index contributed by atoms with van der Waals surface area (Å²) in [6.07, 6.45) is 9.52. The van der Waals surface area contributed by atoms with Crippen LogP contribution in [0.2, 0.25) is 0 Å². The summed E-state index contributed by atoms with van der Waals surface area (Å²) in [5.41, 5.74) is 2.92. The molecule has 3 aliphatic rings. The van der Waals surface area contributed by atoms with Gasteiger partial charge in [-0.25, -0.2) is 9.97 Å². The fourth-order valence-corrected chi connectivity index (χ4v) is 4.88. The maximum absolute atomic E-state index is 13.1. The first-order valence-electron chi connectivity index (χ1n) is 10.7. The fourth-order valence-electron chi connectivity index (χ4n) is 4.88. The number of nitrogens with zero attached hydrogens (tertiary/aromatic N) is 6. The molecular formula is C21H28N6O2. The van der Waals surface area contributed by atoms with Gasteiger partial charge in [0, 0.05) is 45.0 Å². The summed E-state index contributed by atoms with van der Waals surface area (Å²) >= 11 is 0. The minimum atomic E-state index is -0.284. The van der Waals surface area contributed by atoms with E-state index in [2.05, 4.69) is 15.0 Å². The van der Waals surface area contributed by atoms with Crippen LogP contribution in [-0.2, 0) is 16.6 Å². The Bertz CT molecular complexity index is 885. The molecule has 0 bridgehead atoms. The summed E-state index contributed by atoms with van der Waals surface area (Å²) in [7, 11) is 1.95. The number of hydrogen-bond acceptors (Lipinski definition) is 6. The maximum Gasteiger partial charge on any atom is 0.252 e. The highest BCUT2D eigenvalue weighted by molar-refractivity contribution is 5.82. The highest BCUT2D eigenvalue weighted by Gasteiger charge is 2.38. The fraction of sp³-hybridized carbons (Fsp3) is 0.619. The monoisotopic (exact) mass is 396 g/mol. The van der Waals surface area contributed by atoms with Gasteiger partial charge in [0.1, 0.15) is 6.10 Å². The zero-order chi connectivity index (χ0) is 19.8. The van der Waals surface area contributed by atoms with Crippen molar-refractivity contribution in [2.75, 3.05) is 31.1 Å². The van der Waals surface area contributed by atoms with E-state index in [0.29, 0.717) is 6.61 Å². The Morgan fingerprint density at radius 2 is 2.00 bits per heavy atom. The van der Waals surface area contributed by atoms with Crippen LogP contribution in [0, 0.1) is 0 Å². The number of carbonyl (C=O) groups is 1. The molecule has 5 rings (SSSR count). The molecule has 3 saturated heterocycles. The Morgan fingerprint density at radius 1 is 1.14 bits per heavy atom. The van der Waals surface area contributed by atoms with Crippen LogP contribution in [0.1, 0.15) is 50.3 Å².